The molecule has 3 aliphatic carbocycles. The maximum atomic E-state index is 13.7. The topological polar surface area (TPSA) is 74.6 Å². The lowest BCUT2D eigenvalue weighted by molar-refractivity contribution is -0.134. The van der Waals surface area contributed by atoms with Crippen LogP contribution < -0.4 is 0 Å². The van der Waals surface area contributed by atoms with E-state index in [-0.39, 0.29) is 22.9 Å². The summed E-state index contributed by atoms with van der Waals surface area (Å²) < 4.78 is 0. The largest absolute Gasteiger partial charge is 0.393 e. The Kier molecular flexibility index (Phi) is 4.80. The number of hydrogen-bond acceptors (Lipinski definition) is 4. The van der Waals surface area contributed by atoms with Gasteiger partial charge in [0, 0.05) is 16.4 Å². The second-order valence-electron chi connectivity index (χ2n) is 11.0. The van der Waals surface area contributed by atoms with Crippen molar-refractivity contribution in [2.45, 2.75) is 92.3 Å². The van der Waals surface area contributed by atoms with Gasteiger partial charge in [-0.3, -0.25) is 9.59 Å². The van der Waals surface area contributed by atoms with Gasteiger partial charge in [0.25, 0.3) is 0 Å². The highest BCUT2D eigenvalue weighted by atomic mass is 16.3. The van der Waals surface area contributed by atoms with Gasteiger partial charge >= 0.3 is 0 Å². The van der Waals surface area contributed by atoms with Crippen LogP contribution in [0.15, 0.2) is 11.6 Å². The number of Topliss-reactive ketones (excluding diaryl/α,β-unsaturated/α-hetero) is 2. The quantitative estimate of drug-likeness (QED) is 0.674. The van der Waals surface area contributed by atoms with Crippen LogP contribution in [-0.4, -0.2) is 34.0 Å². The fourth-order valence-electron chi connectivity index (χ4n) is 6.06. The summed E-state index contributed by atoms with van der Waals surface area (Å²) in [6.45, 7) is 12.1. The molecule has 27 heavy (non-hydrogen) atoms. The van der Waals surface area contributed by atoms with Gasteiger partial charge in [-0.2, -0.15) is 0 Å². The Bertz CT molecular complexity index is 688. The summed E-state index contributed by atoms with van der Waals surface area (Å²) in [4.78, 5) is 26.6. The zero-order chi connectivity index (χ0) is 20.4. The predicted molar refractivity (Wildman–Crippen MR) is 105 cm³/mol. The summed E-state index contributed by atoms with van der Waals surface area (Å²) in [5.41, 5.74) is -1.27. The van der Waals surface area contributed by atoms with Crippen LogP contribution in [0.2, 0.25) is 0 Å². The van der Waals surface area contributed by atoms with Crippen LogP contribution in [-0.2, 0) is 9.59 Å². The van der Waals surface area contributed by atoms with Gasteiger partial charge < -0.3 is 10.2 Å². The standard InChI is InChI=1S/C23H36O4/c1-20(2)11-12-22(5)9-7-16-21(3,4)17(25)8-10-23(16,6)14(18(22)26)13-15(24)19(20)27/h13,15-17,24-25H,7-12H2,1-6H3/b14-13+/t15-,16?,17?,22?,23?/m1/s1. The first kappa shape index (κ1) is 20.7. The van der Waals surface area contributed by atoms with Gasteiger partial charge in [0.15, 0.2) is 11.6 Å². The molecule has 2 bridgehead atoms. The Morgan fingerprint density at radius 1 is 0.889 bits per heavy atom. The molecule has 0 aromatic heterocycles. The normalized spacial score (nSPS) is 46.2. The van der Waals surface area contributed by atoms with Crippen LogP contribution in [0.25, 0.3) is 0 Å². The summed E-state index contributed by atoms with van der Waals surface area (Å²) >= 11 is 0. The zero-order valence-corrected chi connectivity index (χ0v) is 17.8. The summed E-state index contributed by atoms with van der Waals surface area (Å²) in [5.74, 6) is 0.0395. The molecule has 4 heteroatoms. The molecule has 0 aromatic carbocycles. The molecule has 3 aliphatic rings. The number of aliphatic hydroxyl groups is 2. The average molecular weight is 377 g/mol. The first-order valence-corrected chi connectivity index (χ1v) is 10.4. The maximum Gasteiger partial charge on any atom is 0.170 e. The van der Waals surface area contributed by atoms with E-state index in [9.17, 15) is 19.8 Å². The Morgan fingerprint density at radius 2 is 1.52 bits per heavy atom. The third kappa shape index (κ3) is 3.04. The number of hydrogen-bond donors (Lipinski definition) is 2. The molecule has 0 heterocycles. The van der Waals surface area contributed by atoms with Crippen molar-refractivity contribution in [3.8, 4) is 0 Å². The van der Waals surface area contributed by atoms with E-state index in [4.69, 9.17) is 0 Å². The van der Waals surface area contributed by atoms with Crippen molar-refractivity contribution in [3.05, 3.63) is 11.6 Å². The highest BCUT2D eigenvalue weighted by molar-refractivity contribution is 6.03. The number of carbonyl (C=O) groups excluding carboxylic acids is 2. The summed E-state index contributed by atoms with van der Waals surface area (Å²) in [6.07, 6.45) is 4.17. The number of aliphatic hydroxyl groups excluding tert-OH is 2. The van der Waals surface area contributed by atoms with E-state index < -0.39 is 28.5 Å². The second kappa shape index (κ2) is 6.25. The molecule has 4 unspecified atom stereocenters. The van der Waals surface area contributed by atoms with Crippen LogP contribution in [0.5, 0.6) is 0 Å². The van der Waals surface area contributed by atoms with Crippen LogP contribution in [0.1, 0.15) is 80.1 Å². The minimum Gasteiger partial charge on any atom is -0.393 e. The lowest BCUT2D eigenvalue weighted by atomic mass is 9.52. The number of allylic oxidation sites excluding steroid dienone is 1. The molecular weight excluding hydrogens is 340 g/mol. The Labute approximate surface area is 163 Å². The van der Waals surface area contributed by atoms with Crippen molar-refractivity contribution in [2.75, 3.05) is 0 Å². The van der Waals surface area contributed by atoms with Gasteiger partial charge in [-0.05, 0) is 61.3 Å². The molecule has 2 N–H and O–H groups in total. The van der Waals surface area contributed by atoms with Gasteiger partial charge in [-0.25, -0.2) is 0 Å². The zero-order valence-electron chi connectivity index (χ0n) is 17.8. The molecule has 0 saturated heterocycles. The van der Waals surface area contributed by atoms with E-state index in [2.05, 4.69) is 20.8 Å². The molecule has 0 radical (unpaired) electrons. The molecule has 0 amide bonds. The Hall–Kier alpha value is -1.00. The first-order chi connectivity index (χ1) is 12.3. The fourth-order valence-corrected chi connectivity index (χ4v) is 6.06. The van der Waals surface area contributed by atoms with E-state index >= 15 is 0 Å². The molecule has 4 nitrogen and oxygen atoms in total. The van der Waals surface area contributed by atoms with E-state index in [1.54, 1.807) is 6.08 Å². The molecular formula is C23H36O4. The van der Waals surface area contributed by atoms with E-state index in [0.717, 1.165) is 12.8 Å². The van der Waals surface area contributed by atoms with Crippen molar-refractivity contribution in [2.24, 2.45) is 27.6 Å². The third-order valence-electron chi connectivity index (χ3n) is 8.42. The average Bonchev–Trinajstić information content (AvgIpc) is 2.65. The monoisotopic (exact) mass is 376 g/mol. The lowest BCUT2D eigenvalue weighted by Crippen LogP contribution is -2.51. The smallest absolute Gasteiger partial charge is 0.170 e. The summed E-state index contributed by atoms with van der Waals surface area (Å²) in [5, 5.41) is 21.4. The lowest BCUT2D eigenvalue weighted by Gasteiger charge is -2.53. The van der Waals surface area contributed by atoms with Gasteiger partial charge in [0.05, 0.1) is 6.10 Å². The van der Waals surface area contributed by atoms with Gasteiger partial charge in [0.2, 0.25) is 0 Å². The molecule has 0 spiro atoms. The van der Waals surface area contributed by atoms with Gasteiger partial charge in [-0.1, -0.05) is 41.5 Å². The Morgan fingerprint density at radius 3 is 2.15 bits per heavy atom. The van der Waals surface area contributed by atoms with Crippen molar-refractivity contribution in [3.63, 3.8) is 0 Å². The van der Waals surface area contributed by atoms with Crippen LogP contribution >= 0.6 is 0 Å². The van der Waals surface area contributed by atoms with E-state index in [0.29, 0.717) is 31.3 Å². The predicted octanol–water partition coefficient (Wildman–Crippen LogP) is 3.84. The maximum absolute atomic E-state index is 13.7. The van der Waals surface area contributed by atoms with Gasteiger partial charge in [0.1, 0.15) is 6.10 Å². The molecule has 0 aromatic rings. The van der Waals surface area contributed by atoms with Crippen molar-refractivity contribution >= 4 is 11.6 Å². The van der Waals surface area contributed by atoms with Crippen LogP contribution in [0.4, 0.5) is 0 Å². The summed E-state index contributed by atoms with van der Waals surface area (Å²) in [7, 11) is 0. The van der Waals surface area contributed by atoms with Crippen molar-refractivity contribution < 1.29 is 19.8 Å². The van der Waals surface area contributed by atoms with Crippen molar-refractivity contribution in [1.82, 2.24) is 0 Å². The van der Waals surface area contributed by atoms with E-state index in [1.165, 1.54) is 0 Å². The highest BCUT2D eigenvalue weighted by Crippen LogP contribution is 2.61. The number of rotatable bonds is 0. The van der Waals surface area contributed by atoms with Crippen LogP contribution in [0, 0.1) is 27.6 Å². The van der Waals surface area contributed by atoms with Crippen molar-refractivity contribution in [1.29, 1.82) is 0 Å². The molecule has 2 fully saturated rings. The molecule has 0 aliphatic heterocycles. The highest BCUT2D eigenvalue weighted by Gasteiger charge is 2.58. The van der Waals surface area contributed by atoms with E-state index in [1.807, 2.05) is 20.8 Å². The third-order valence-corrected chi connectivity index (χ3v) is 8.42. The fraction of sp³-hybridized carbons (Fsp3) is 0.826. The first-order valence-electron chi connectivity index (χ1n) is 10.4. The van der Waals surface area contributed by atoms with Crippen LogP contribution in [0.3, 0.4) is 0 Å². The molecule has 3 rings (SSSR count). The number of ketones is 2. The minimum atomic E-state index is -1.24. The van der Waals surface area contributed by atoms with Gasteiger partial charge in [-0.15, -0.1) is 0 Å². The Balaban J connectivity index is 2.20. The SMILES string of the molecule is CC1(C)CCC2(C)CCC3C(C)(CCC(O)C3(C)C)/C(=C/[C@@H](O)C1=O)C2=O. The number of carbonyl (C=O) groups is 2. The second-order valence-corrected chi connectivity index (χ2v) is 11.0. The molecule has 2 saturated carbocycles. The summed E-state index contributed by atoms with van der Waals surface area (Å²) in [6, 6.07) is 0. The molecule has 152 valence electrons. The number of fused-ring (bicyclic) bond motifs is 4. The minimum absolute atomic E-state index is 0.101. The molecule has 5 atom stereocenters.